The van der Waals surface area contributed by atoms with Gasteiger partial charge in [-0.3, -0.25) is 9.59 Å². The lowest BCUT2D eigenvalue weighted by Gasteiger charge is -2.14. The van der Waals surface area contributed by atoms with E-state index < -0.39 is 0 Å². The summed E-state index contributed by atoms with van der Waals surface area (Å²) in [5, 5.41) is 5.95. The van der Waals surface area contributed by atoms with Crippen molar-refractivity contribution >= 4 is 24.2 Å². The van der Waals surface area contributed by atoms with Crippen LogP contribution < -0.4 is 10.6 Å². The second-order valence-electron chi connectivity index (χ2n) is 4.51. The molecule has 0 aliphatic heterocycles. The van der Waals surface area contributed by atoms with Gasteiger partial charge in [0.2, 0.25) is 0 Å². The number of nitrogens with one attached hydrogen (secondary N) is 2. The van der Waals surface area contributed by atoms with Gasteiger partial charge in [-0.2, -0.15) is 0 Å². The molecule has 5 nitrogen and oxygen atoms in total. The Balaban J connectivity index is 0.00000400. The monoisotopic (exact) mass is 313 g/mol. The zero-order chi connectivity index (χ0) is 15.0. The van der Waals surface area contributed by atoms with Gasteiger partial charge in [-0.25, -0.2) is 0 Å². The van der Waals surface area contributed by atoms with Crippen molar-refractivity contribution in [1.82, 2.24) is 15.5 Å². The molecule has 0 radical (unpaired) electrons. The summed E-state index contributed by atoms with van der Waals surface area (Å²) in [5.41, 5.74) is 1.05. The third-order valence-corrected chi connectivity index (χ3v) is 3.03. The Morgan fingerprint density at radius 1 is 1.14 bits per heavy atom. The van der Waals surface area contributed by atoms with Gasteiger partial charge >= 0.3 is 0 Å². The number of halogens is 1. The fourth-order valence-electron chi connectivity index (χ4n) is 1.70. The largest absolute Gasteiger partial charge is 0.351 e. The average molecular weight is 314 g/mol. The Hall–Kier alpha value is -1.59. The Morgan fingerprint density at radius 3 is 2.43 bits per heavy atom. The summed E-state index contributed by atoms with van der Waals surface area (Å²) < 4.78 is 0. The molecule has 0 aromatic heterocycles. The van der Waals surface area contributed by atoms with Crippen LogP contribution in [0.4, 0.5) is 0 Å². The standard InChI is InChI=1S/C15H23N3O2.ClH/c1-4-16-9-10-17-14(19)12-7-6-8-13(11-12)15(20)18(3)5-2;/h6-8,11,16H,4-5,9-10H2,1-3H3,(H,17,19);1H. The van der Waals surface area contributed by atoms with Crippen molar-refractivity contribution in [1.29, 1.82) is 0 Å². The number of amides is 2. The number of benzene rings is 1. The van der Waals surface area contributed by atoms with Gasteiger partial charge in [0.25, 0.3) is 11.8 Å². The number of carbonyl (C=O) groups is 2. The summed E-state index contributed by atoms with van der Waals surface area (Å²) in [7, 11) is 1.74. The zero-order valence-electron chi connectivity index (χ0n) is 12.8. The molecular weight excluding hydrogens is 290 g/mol. The molecular formula is C15H24ClN3O2. The summed E-state index contributed by atoms with van der Waals surface area (Å²) in [4.78, 5) is 25.6. The molecule has 2 N–H and O–H groups in total. The third kappa shape index (κ3) is 6.14. The summed E-state index contributed by atoms with van der Waals surface area (Å²) in [6.07, 6.45) is 0. The summed E-state index contributed by atoms with van der Waals surface area (Å²) in [6, 6.07) is 6.81. The normalized spacial score (nSPS) is 9.67. The van der Waals surface area contributed by atoms with E-state index in [2.05, 4.69) is 10.6 Å². The molecule has 0 saturated heterocycles. The Bertz CT molecular complexity index is 466. The van der Waals surface area contributed by atoms with E-state index in [-0.39, 0.29) is 24.2 Å². The minimum atomic E-state index is -0.156. The van der Waals surface area contributed by atoms with Crippen LogP contribution in [-0.2, 0) is 0 Å². The van der Waals surface area contributed by atoms with Gasteiger partial charge in [0.1, 0.15) is 0 Å². The maximum Gasteiger partial charge on any atom is 0.253 e. The van der Waals surface area contributed by atoms with Crippen LogP contribution in [0, 0.1) is 0 Å². The van der Waals surface area contributed by atoms with E-state index >= 15 is 0 Å². The number of carbonyl (C=O) groups excluding carboxylic acids is 2. The van der Waals surface area contributed by atoms with Crippen LogP contribution in [-0.4, -0.2) is 49.9 Å². The summed E-state index contributed by atoms with van der Waals surface area (Å²) in [5.74, 6) is -0.230. The van der Waals surface area contributed by atoms with Gasteiger partial charge in [-0.15, -0.1) is 12.4 Å². The van der Waals surface area contributed by atoms with E-state index in [1.165, 1.54) is 0 Å². The molecule has 1 aromatic carbocycles. The highest BCUT2D eigenvalue weighted by Crippen LogP contribution is 2.08. The van der Waals surface area contributed by atoms with Crippen molar-refractivity contribution in [3.63, 3.8) is 0 Å². The zero-order valence-corrected chi connectivity index (χ0v) is 13.6. The molecule has 21 heavy (non-hydrogen) atoms. The van der Waals surface area contributed by atoms with E-state index in [4.69, 9.17) is 0 Å². The van der Waals surface area contributed by atoms with Crippen LogP contribution in [0.1, 0.15) is 34.6 Å². The predicted molar refractivity (Wildman–Crippen MR) is 87.2 cm³/mol. The first kappa shape index (κ1) is 19.4. The van der Waals surface area contributed by atoms with E-state index in [1.807, 2.05) is 13.8 Å². The van der Waals surface area contributed by atoms with Crippen LogP contribution in [0.2, 0.25) is 0 Å². The minimum absolute atomic E-state index is 0. The lowest BCUT2D eigenvalue weighted by molar-refractivity contribution is 0.0802. The Morgan fingerprint density at radius 2 is 1.81 bits per heavy atom. The maximum absolute atomic E-state index is 12.0. The molecule has 0 unspecified atom stereocenters. The van der Waals surface area contributed by atoms with E-state index in [1.54, 1.807) is 36.2 Å². The van der Waals surface area contributed by atoms with Crippen molar-refractivity contribution in [3.8, 4) is 0 Å². The molecule has 1 aromatic rings. The quantitative estimate of drug-likeness (QED) is 0.751. The predicted octanol–water partition coefficient (Wildman–Crippen LogP) is 1.54. The molecule has 2 amide bonds. The molecule has 0 aliphatic carbocycles. The molecule has 0 heterocycles. The number of nitrogens with zero attached hydrogens (tertiary/aromatic N) is 1. The second kappa shape index (κ2) is 10.2. The lowest BCUT2D eigenvalue weighted by Crippen LogP contribution is -2.32. The first-order chi connectivity index (χ1) is 9.60. The molecule has 0 fully saturated rings. The third-order valence-electron chi connectivity index (χ3n) is 3.03. The second-order valence-corrected chi connectivity index (χ2v) is 4.51. The van der Waals surface area contributed by atoms with Crippen LogP contribution in [0.25, 0.3) is 0 Å². The molecule has 0 aliphatic rings. The van der Waals surface area contributed by atoms with Crippen molar-refractivity contribution in [2.75, 3.05) is 33.2 Å². The smallest absolute Gasteiger partial charge is 0.253 e. The highest BCUT2D eigenvalue weighted by atomic mass is 35.5. The number of hydrogen-bond acceptors (Lipinski definition) is 3. The summed E-state index contributed by atoms with van der Waals surface area (Å²) >= 11 is 0. The number of likely N-dealkylation sites (N-methyl/N-ethyl adjacent to an activating group) is 1. The minimum Gasteiger partial charge on any atom is -0.351 e. The van der Waals surface area contributed by atoms with Crippen LogP contribution >= 0.6 is 12.4 Å². The highest BCUT2D eigenvalue weighted by Gasteiger charge is 2.12. The summed E-state index contributed by atoms with van der Waals surface area (Å²) in [6.45, 7) is 6.75. The van der Waals surface area contributed by atoms with Gasteiger partial charge in [-0.1, -0.05) is 13.0 Å². The van der Waals surface area contributed by atoms with E-state index in [9.17, 15) is 9.59 Å². The van der Waals surface area contributed by atoms with E-state index in [0.29, 0.717) is 24.2 Å². The Labute approximate surface area is 132 Å². The number of rotatable bonds is 7. The first-order valence-corrected chi connectivity index (χ1v) is 6.94. The van der Waals surface area contributed by atoms with E-state index in [0.717, 1.165) is 13.1 Å². The van der Waals surface area contributed by atoms with Crippen molar-refractivity contribution < 1.29 is 9.59 Å². The van der Waals surface area contributed by atoms with Crippen molar-refractivity contribution in [3.05, 3.63) is 35.4 Å². The SMILES string of the molecule is CCNCCNC(=O)c1cccc(C(=O)N(C)CC)c1.Cl. The van der Waals surface area contributed by atoms with Crippen LogP contribution in [0.3, 0.4) is 0 Å². The molecule has 0 bridgehead atoms. The van der Waals surface area contributed by atoms with Crippen LogP contribution in [0.5, 0.6) is 0 Å². The van der Waals surface area contributed by atoms with Crippen molar-refractivity contribution in [2.24, 2.45) is 0 Å². The maximum atomic E-state index is 12.0. The highest BCUT2D eigenvalue weighted by molar-refractivity contribution is 5.99. The Kier molecular flexibility index (Phi) is 9.41. The van der Waals surface area contributed by atoms with Crippen molar-refractivity contribution in [2.45, 2.75) is 13.8 Å². The van der Waals surface area contributed by atoms with Crippen LogP contribution in [0.15, 0.2) is 24.3 Å². The molecule has 0 saturated carbocycles. The van der Waals surface area contributed by atoms with Gasteiger partial charge in [0, 0.05) is 37.8 Å². The topological polar surface area (TPSA) is 61.4 Å². The fourth-order valence-corrected chi connectivity index (χ4v) is 1.70. The molecule has 6 heteroatoms. The average Bonchev–Trinajstić information content (AvgIpc) is 2.49. The molecule has 0 spiro atoms. The van der Waals surface area contributed by atoms with Gasteiger partial charge in [0.15, 0.2) is 0 Å². The molecule has 0 atom stereocenters. The van der Waals surface area contributed by atoms with Gasteiger partial charge < -0.3 is 15.5 Å². The number of hydrogen-bond donors (Lipinski definition) is 2. The molecule has 1 rings (SSSR count). The molecule has 118 valence electrons. The van der Waals surface area contributed by atoms with Gasteiger partial charge in [-0.05, 0) is 31.7 Å². The lowest BCUT2D eigenvalue weighted by atomic mass is 10.1. The first-order valence-electron chi connectivity index (χ1n) is 6.94. The fraction of sp³-hybridized carbons (Fsp3) is 0.467. The van der Waals surface area contributed by atoms with Gasteiger partial charge in [0.05, 0.1) is 0 Å².